The third-order valence-corrected chi connectivity index (χ3v) is 10.2. The van der Waals surface area contributed by atoms with Crippen LogP contribution in [0.3, 0.4) is 0 Å². The molecular formula is C31H41ClN4O5S. The van der Waals surface area contributed by atoms with Crippen molar-refractivity contribution in [3.8, 4) is 0 Å². The van der Waals surface area contributed by atoms with Gasteiger partial charge in [0.2, 0.25) is 11.8 Å². The molecule has 0 aliphatic carbocycles. The number of hydrogen-bond donors (Lipinski definition) is 1. The van der Waals surface area contributed by atoms with Crippen molar-refractivity contribution in [2.45, 2.75) is 50.4 Å². The number of piperazine rings is 1. The van der Waals surface area contributed by atoms with Gasteiger partial charge in [0.1, 0.15) is 0 Å². The van der Waals surface area contributed by atoms with Crippen LogP contribution in [0, 0.1) is 5.92 Å². The fourth-order valence-electron chi connectivity index (χ4n) is 5.86. The first kappa shape index (κ1) is 32.1. The number of carbonyl (C=O) groups excluding carboxylic acids is 3. The number of Topliss-reactive ketones (excluding diaryl/α,β-unsaturated/α-hetero) is 1. The molecule has 0 saturated carbocycles. The zero-order valence-electron chi connectivity index (χ0n) is 24.2. The summed E-state index contributed by atoms with van der Waals surface area (Å²) in [7, 11) is -1.74. The van der Waals surface area contributed by atoms with E-state index < -0.39 is 33.5 Å². The van der Waals surface area contributed by atoms with Gasteiger partial charge in [-0.2, -0.15) is 0 Å². The Morgan fingerprint density at radius 3 is 2.40 bits per heavy atom. The molecule has 4 rings (SSSR count). The number of sulfone groups is 1. The number of nitrogens with zero attached hydrogens (tertiary/aromatic N) is 3. The van der Waals surface area contributed by atoms with Crippen molar-refractivity contribution in [3.05, 3.63) is 70.2 Å². The molecule has 2 aliphatic heterocycles. The summed E-state index contributed by atoms with van der Waals surface area (Å²) in [4.78, 5) is 46.0. The molecule has 11 heteroatoms. The summed E-state index contributed by atoms with van der Waals surface area (Å²) in [5.74, 6) is -2.47. The lowest BCUT2D eigenvalue weighted by molar-refractivity contribution is -0.144. The van der Waals surface area contributed by atoms with E-state index in [2.05, 4.69) is 4.90 Å². The van der Waals surface area contributed by atoms with Crippen LogP contribution in [-0.2, 0) is 42.9 Å². The molecule has 2 amide bonds. The highest BCUT2D eigenvalue weighted by Gasteiger charge is 2.39. The molecule has 0 spiro atoms. The lowest BCUT2D eigenvalue weighted by atomic mass is 9.97. The van der Waals surface area contributed by atoms with Crippen LogP contribution in [0.15, 0.2) is 48.5 Å². The summed E-state index contributed by atoms with van der Waals surface area (Å²) in [5, 5.41) is 0.567. The van der Waals surface area contributed by atoms with E-state index in [1.165, 1.54) is 4.90 Å². The number of hydrogen-bond acceptors (Lipinski definition) is 7. The zero-order chi connectivity index (χ0) is 30.3. The van der Waals surface area contributed by atoms with E-state index >= 15 is 0 Å². The van der Waals surface area contributed by atoms with Gasteiger partial charge in [-0.15, -0.1) is 0 Å². The smallest absolute Gasteiger partial charge is 0.227 e. The molecule has 2 atom stereocenters. The first-order valence-electron chi connectivity index (χ1n) is 14.6. The SMILES string of the molecule is CN1CCN(C(=O)C[C@@H](CS(=O)(=O)Cc2ccccc2)C(=O)N2CCC[C@H]2C(=O)CCc2cc(Cl)ccc2CN)CC1. The lowest BCUT2D eigenvalue weighted by Crippen LogP contribution is -2.50. The van der Waals surface area contributed by atoms with E-state index in [1.54, 1.807) is 35.2 Å². The molecule has 2 saturated heterocycles. The van der Waals surface area contributed by atoms with Crippen LogP contribution in [0.25, 0.3) is 0 Å². The Kier molecular flexibility index (Phi) is 11.2. The quantitative estimate of drug-likeness (QED) is 0.389. The number of halogens is 1. The van der Waals surface area contributed by atoms with Gasteiger partial charge < -0.3 is 20.4 Å². The van der Waals surface area contributed by atoms with Crippen LogP contribution in [-0.4, -0.2) is 92.3 Å². The zero-order valence-corrected chi connectivity index (χ0v) is 25.8. The van der Waals surface area contributed by atoms with E-state index in [9.17, 15) is 22.8 Å². The van der Waals surface area contributed by atoms with Crippen molar-refractivity contribution in [1.82, 2.24) is 14.7 Å². The topological polar surface area (TPSA) is 121 Å². The Morgan fingerprint density at radius 1 is 1.00 bits per heavy atom. The van der Waals surface area contributed by atoms with Crippen molar-refractivity contribution in [1.29, 1.82) is 0 Å². The first-order valence-corrected chi connectivity index (χ1v) is 16.8. The maximum Gasteiger partial charge on any atom is 0.227 e. The number of aryl methyl sites for hydroxylation is 1. The van der Waals surface area contributed by atoms with Gasteiger partial charge in [-0.25, -0.2) is 8.42 Å². The van der Waals surface area contributed by atoms with Gasteiger partial charge in [0.25, 0.3) is 0 Å². The number of nitrogens with two attached hydrogens (primary N) is 1. The average molecular weight is 617 g/mol. The molecule has 2 fully saturated rings. The number of rotatable bonds is 12. The number of likely N-dealkylation sites (tertiary alicyclic amines) is 1. The van der Waals surface area contributed by atoms with E-state index in [0.717, 1.165) is 24.2 Å². The summed E-state index contributed by atoms with van der Waals surface area (Å²) in [6.45, 7) is 3.20. The number of amides is 2. The minimum atomic E-state index is -3.73. The predicted molar refractivity (Wildman–Crippen MR) is 164 cm³/mol. The van der Waals surface area contributed by atoms with Crippen molar-refractivity contribution in [3.63, 3.8) is 0 Å². The first-order chi connectivity index (χ1) is 20.1. The Hall–Kier alpha value is -2.79. The minimum absolute atomic E-state index is 0.0833. The van der Waals surface area contributed by atoms with Crippen LogP contribution in [0.1, 0.15) is 42.4 Å². The van der Waals surface area contributed by atoms with E-state index in [0.29, 0.717) is 56.0 Å². The predicted octanol–water partition coefficient (Wildman–Crippen LogP) is 2.69. The summed E-state index contributed by atoms with van der Waals surface area (Å²) < 4.78 is 26.6. The molecule has 2 N–H and O–H groups in total. The second kappa shape index (κ2) is 14.6. The monoisotopic (exact) mass is 616 g/mol. The summed E-state index contributed by atoms with van der Waals surface area (Å²) in [5.41, 5.74) is 8.30. The fraction of sp³-hybridized carbons (Fsp3) is 0.516. The van der Waals surface area contributed by atoms with Gasteiger partial charge in [0.05, 0.1) is 23.5 Å². The van der Waals surface area contributed by atoms with E-state index in [1.807, 2.05) is 25.2 Å². The molecule has 0 radical (unpaired) electrons. The van der Waals surface area contributed by atoms with Gasteiger partial charge in [0.15, 0.2) is 15.6 Å². The second-order valence-electron chi connectivity index (χ2n) is 11.4. The van der Waals surface area contributed by atoms with Crippen LogP contribution in [0.4, 0.5) is 0 Å². The van der Waals surface area contributed by atoms with E-state index in [4.69, 9.17) is 17.3 Å². The third-order valence-electron chi connectivity index (χ3n) is 8.25. The molecular weight excluding hydrogens is 576 g/mol. The van der Waals surface area contributed by atoms with Gasteiger partial charge in [-0.3, -0.25) is 14.4 Å². The van der Waals surface area contributed by atoms with Crippen LogP contribution >= 0.6 is 11.6 Å². The second-order valence-corrected chi connectivity index (χ2v) is 13.9. The largest absolute Gasteiger partial charge is 0.340 e. The van der Waals surface area contributed by atoms with Gasteiger partial charge in [-0.1, -0.05) is 48.0 Å². The summed E-state index contributed by atoms with van der Waals surface area (Å²) in [6, 6.07) is 13.6. The molecule has 0 unspecified atom stereocenters. The Labute approximate surface area is 253 Å². The molecule has 2 heterocycles. The average Bonchev–Trinajstić information content (AvgIpc) is 3.46. The van der Waals surface area contributed by atoms with Gasteiger partial charge in [-0.05, 0) is 55.1 Å². The molecule has 9 nitrogen and oxygen atoms in total. The molecule has 0 aromatic heterocycles. The van der Waals surface area contributed by atoms with Crippen LogP contribution < -0.4 is 5.73 Å². The van der Waals surface area contributed by atoms with Crippen molar-refractivity contribution in [2.24, 2.45) is 11.7 Å². The molecule has 2 aromatic rings. The maximum atomic E-state index is 14.0. The van der Waals surface area contributed by atoms with Crippen LogP contribution in [0.2, 0.25) is 5.02 Å². The number of benzene rings is 2. The number of ketones is 1. The summed E-state index contributed by atoms with van der Waals surface area (Å²) >= 11 is 6.16. The third kappa shape index (κ3) is 8.63. The molecule has 2 aliphatic rings. The summed E-state index contributed by atoms with van der Waals surface area (Å²) in [6.07, 6.45) is 1.61. The minimum Gasteiger partial charge on any atom is -0.340 e. The van der Waals surface area contributed by atoms with Gasteiger partial charge >= 0.3 is 0 Å². The van der Waals surface area contributed by atoms with Crippen molar-refractivity contribution >= 4 is 39.0 Å². The Balaban J connectivity index is 1.49. The normalized spacial score (nSPS) is 18.7. The highest BCUT2D eigenvalue weighted by molar-refractivity contribution is 7.90. The number of carbonyl (C=O) groups is 3. The Morgan fingerprint density at radius 2 is 1.71 bits per heavy atom. The highest BCUT2D eigenvalue weighted by Crippen LogP contribution is 2.26. The molecule has 2 aromatic carbocycles. The fourth-order valence-corrected chi connectivity index (χ4v) is 7.74. The Bertz CT molecular complexity index is 1360. The van der Waals surface area contributed by atoms with Crippen LogP contribution in [0.5, 0.6) is 0 Å². The molecule has 228 valence electrons. The highest BCUT2D eigenvalue weighted by atomic mass is 35.5. The molecule has 42 heavy (non-hydrogen) atoms. The number of likely N-dealkylation sites (N-methyl/N-ethyl adjacent to an activating group) is 1. The van der Waals surface area contributed by atoms with E-state index in [-0.39, 0.29) is 30.3 Å². The van der Waals surface area contributed by atoms with Crippen molar-refractivity contribution in [2.75, 3.05) is 45.5 Å². The molecule has 0 bridgehead atoms. The van der Waals surface area contributed by atoms with Gasteiger partial charge in [0, 0.05) is 57.1 Å². The van der Waals surface area contributed by atoms with Crippen molar-refractivity contribution < 1.29 is 22.8 Å². The lowest BCUT2D eigenvalue weighted by Gasteiger charge is -2.34. The standard InChI is InChI=1S/C31H41ClN4O5S/c1-34-14-16-35(17-15-34)30(38)19-26(22-42(40,41)21-23-6-3-2-4-7-23)31(39)36-13-5-8-28(36)29(37)12-10-24-18-27(32)11-9-25(24)20-33/h2-4,6-7,9,11,18,26,28H,5,8,10,12-17,19-22,33H2,1H3/t26-,28-/m0/s1. The maximum absolute atomic E-state index is 14.0.